The van der Waals surface area contributed by atoms with Gasteiger partial charge in [-0.2, -0.15) is 5.10 Å². The second-order valence-electron chi connectivity index (χ2n) is 4.64. The van der Waals surface area contributed by atoms with Crippen LogP contribution in [0.1, 0.15) is 30.9 Å². The van der Waals surface area contributed by atoms with Crippen LogP contribution in [0.25, 0.3) is 0 Å². The van der Waals surface area contributed by atoms with E-state index >= 15 is 0 Å². The molecule has 2 atom stereocenters. The Labute approximate surface area is 93.8 Å². The van der Waals surface area contributed by atoms with Crippen molar-refractivity contribution in [1.82, 2.24) is 20.5 Å². The van der Waals surface area contributed by atoms with Gasteiger partial charge in [0.1, 0.15) is 6.33 Å². The van der Waals surface area contributed by atoms with E-state index in [1.54, 1.807) is 7.11 Å². The summed E-state index contributed by atoms with van der Waals surface area (Å²) in [5.74, 6) is 0.0294. The van der Waals surface area contributed by atoms with Gasteiger partial charge in [0.2, 0.25) is 5.82 Å². The standard InChI is InChI=1S/C10H16N4O2/c1-10(2)6(4-7(10)16-3)13-9(15)8-11-5-12-14-8/h5-7H,4H2,1-3H3,(H,13,15)(H,11,12,14). The maximum atomic E-state index is 11.7. The van der Waals surface area contributed by atoms with E-state index in [4.69, 9.17) is 4.74 Å². The van der Waals surface area contributed by atoms with E-state index in [1.807, 2.05) is 0 Å². The number of nitrogens with zero attached hydrogens (tertiary/aromatic N) is 2. The number of aromatic amines is 1. The number of amides is 1. The minimum absolute atomic E-state index is 0.0373. The van der Waals surface area contributed by atoms with Crippen LogP contribution in [0.5, 0.6) is 0 Å². The fourth-order valence-electron chi connectivity index (χ4n) is 2.07. The number of carbonyl (C=O) groups excluding carboxylic acids is 1. The molecule has 0 bridgehead atoms. The second kappa shape index (κ2) is 3.86. The molecule has 2 rings (SSSR count). The highest BCUT2D eigenvalue weighted by atomic mass is 16.5. The van der Waals surface area contributed by atoms with E-state index in [2.05, 4.69) is 34.3 Å². The molecule has 1 aromatic rings. The Morgan fingerprint density at radius 1 is 1.69 bits per heavy atom. The lowest BCUT2D eigenvalue weighted by molar-refractivity contribution is -0.0943. The van der Waals surface area contributed by atoms with Gasteiger partial charge in [0, 0.05) is 18.6 Å². The van der Waals surface area contributed by atoms with E-state index in [9.17, 15) is 4.79 Å². The molecule has 6 heteroatoms. The smallest absolute Gasteiger partial charge is 0.288 e. The minimum atomic E-state index is -0.217. The number of rotatable bonds is 3. The number of aromatic nitrogens is 3. The van der Waals surface area contributed by atoms with Gasteiger partial charge < -0.3 is 10.1 Å². The quantitative estimate of drug-likeness (QED) is 0.776. The average molecular weight is 224 g/mol. The highest BCUT2D eigenvalue weighted by molar-refractivity contribution is 5.90. The molecule has 1 amide bonds. The topological polar surface area (TPSA) is 79.9 Å². The molecule has 88 valence electrons. The fourth-order valence-corrected chi connectivity index (χ4v) is 2.07. The summed E-state index contributed by atoms with van der Waals surface area (Å²) in [4.78, 5) is 15.5. The van der Waals surface area contributed by atoms with Gasteiger partial charge in [-0.05, 0) is 6.42 Å². The molecule has 1 heterocycles. The second-order valence-corrected chi connectivity index (χ2v) is 4.64. The third kappa shape index (κ3) is 1.69. The minimum Gasteiger partial charge on any atom is -0.381 e. The molecule has 0 aliphatic heterocycles. The first-order chi connectivity index (χ1) is 7.55. The van der Waals surface area contributed by atoms with Crippen molar-refractivity contribution in [2.24, 2.45) is 5.41 Å². The van der Waals surface area contributed by atoms with Crippen LogP contribution >= 0.6 is 0 Å². The molecule has 6 nitrogen and oxygen atoms in total. The number of ether oxygens (including phenoxy) is 1. The molecule has 1 aromatic heterocycles. The van der Waals surface area contributed by atoms with Gasteiger partial charge >= 0.3 is 0 Å². The van der Waals surface area contributed by atoms with Crippen LogP contribution in [0.3, 0.4) is 0 Å². The van der Waals surface area contributed by atoms with Crippen molar-refractivity contribution in [1.29, 1.82) is 0 Å². The first-order valence-electron chi connectivity index (χ1n) is 5.24. The van der Waals surface area contributed by atoms with Crippen molar-refractivity contribution >= 4 is 5.91 Å². The Hall–Kier alpha value is -1.43. The van der Waals surface area contributed by atoms with Crippen LogP contribution < -0.4 is 5.32 Å². The molecule has 0 radical (unpaired) electrons. The summed E-state index contributed by atoms with van der Waals surface area (Å²) in [6, 6.07) is 0.120. The number of H-pyrrole nitrogens is 1. The average Bonchev–Trinajstić information content (AvgIpc) is 2.76. The number of hydrogen-bond donors (Lipinski definition) is 2. The maximum absolute atomic E-state index is 11.7. The van der Waals surface area contributed by atoms with Crippen LogP contribution in [0.15, 0.2) is 6.33 Å². The Balaban J connectivity index is 1.95. The lowest BCUT2D eigenvalue weighted by Gasteiger charge is -2.51. The normalized spacial score (nSPS) is 27.2. The van der Waals surface area contributed by atoms with Gasteiger partial charge in [-0.25, -0.2) is 4.98 Å². The molecule has 2 N–H and O–H groups in total. The van der Waals surface area contributed by atoms with Crippen LogP contribution in [0.2, 0.25) is 0 Å². The molecule has 1 aliphatic rings. The van der Waals surface area contributed by atoms with Crippen molar-refractivity contribution in [3.05, 3.63) is 12.2 Å². The number of carbonyl (C=O) groups is 1. The highest BCUT2D eigenvalue weighted by Crippen LogP contribution is 2.42. The SMILES string of the molecule is COC1CC(NC(=O)c2ncn[nH]2)C1(C)C. The summed E-state index contributed by atoms with van der Waals surface area (Å²) >= 11 is 0. The summed E-state index contributed by atoms with van der Waals surface area (Å²) < 4.78 is 5.32. The molecule has 0 aromatic carbocycles. The van der Waals surface area contributed by atoms with Crippen molar-refractivity contribution < 1.29 is 9.53 Å². The first kappa shape index (κ1) is 11.1. The summed E-state index contributed by atoms with van der Waals surface area (Å²) in [6.07, 6.45) is 2.36. The van der Waals surface area contributed by atoms with Gasteiger partial charge in [-0.1, -0.05) is 13.8 Å². The molecule has 2 unspecified atom stereocenters. The Morgan fingerprint density at radius 2 is 2.44 bits per heavy atom. The van der Waals surface area contributed by atoms with E-state index in [0.29, 0.717) is 0 Å². The highest BCUT2D eigenvalue weighted by Gasteiger charge is 2.49. The molecule has 0 saturated heterocycles. The van der Waals surface area contributed by atoms with E-state index in [1.165, 1.54) is 6.33 Å². The van der Waals surface area contributed by atoms with Crippen molar-refractivity contribution in [2.75, 3.05) is 7.11 Å². The van der Waals surface area contributed by atoms with Crippen LogP contribution in [0, 0.1) is 5.41 Å². The molecule has 16 heavy (non-hydrogen) atoms. The van der Waals surface area contributed by atoms with Gasteiger partial charge in [0.15, 0.2) is 0 Å². The van der Waals surface area contributed by atoms with Crippen molar-refractivity contribution in [3.63, 3.8) is 0 Å². The zero-order valence-electron chi connectivity index (χ0n) is 9.65. The van der Waals surface area contributed by atoms with Crippen LogP contribution in [-0.2, 0) is 4.74 Å². The largest absolute Gasteiger partial charge is 0.381 e. The van der Waals surface area contributed by atoms with Gasteiger partial charge in [-0.3, -0.25) is 9.89 Å². The molecule has 0 spiro atoms. The lowest BCUT2D eigenvalue weighted by Crippen LogP contribution is -2.61. The molecular weight excluding hydrogens is 208 g/mol. The molecule has 1 saturated carbocycles. The molecule has 1 fully saturated rings. The summed E-state index contributed by atoms with van der Waals surface area (Å²) in [6.45, 7) is 4.16. The van der Waals surface area contributed by atoms with Gasteiger partial charge in [0.05, 0.1) is 6.10 Å². The zero-order valence-corrected chi connectivity index (χ0v) is 9.65. The maximum Gasteiger partial charge on any atom is 0.288 e. The predicted molar refractivity (Wildman–Crippen MR) is 56.8 cm³/mol. The molecular formula is C10H16N4O2. The van der Waals surface area contributed by atoms with Crippen molar-refractivity contribution in [2.45, 2.75) is 32.4 Å². The first-order valence-corrected chi connectivity index (χ1v) is 5.24. The third-order valence-corrected chi connectivity index (χ3v) is 3.40. The van der Waals surface area contributed by atoms with Gasteiger partial charge in [0.25, 0.3) is 5.91 Å². The number of hydrogen-bond acceptors (Lipinski definition) is 4. The summed E-state index contributed by atoms with van der Waals surface area (Å²) in [5.41, 5.74) is -0.0373. The monoisotopic (exact) mass is 224 g/mol. The van der Waals surface area contributed by atoms with E-state index in [-0.39, 0.29) is 29.3 Å². The van der Waals surface area contributed by atoms with E-state index in [0.717, 1.165) is 6.42 Å². The predicted octanol–water partition coefficient (Wildman–Crippen LogP) is 0.348. The van der Waals surface area contributed by atoms with Crippen molar-refractivity contribution in [3.8, 4) is 0 Å². The van der Waals surface area contributed by atoms with E-state index < -0.39 is 0 Å². The van der Waals surface area contributed by atoms with Crippen LogP contribution in [0.4, 0.5) is 0 Å². The Bertz CT molecular complexity index is 374. The fraction of sp³-hybridized carbons (Fsp3) is 0.700. The number of methoxy groups -OCH3 is 1. The zero-order chi connectivity index (χ0) is 11.8. The Morgan fingerprint density at radius 3 is 2.94 bits per heavy atom. The summed E-state index contributed by atoms with van der Waals surface area (Å²) in [5, 5.41) is 9.10. The Kier molecular flexibility index (Phi) is 2.67. The lowest BCUT2D eigenvalue weighted by atomic mass is 9.64. The number of nitrogens with one attached hydrogen (secondary N) is 2. The third-order valence-electron chi connectivity index (χ3n) is 3.40. The summed E-state index contributed by atoms with van der Waals surface area (Å²) in [7, 11) is 1.70. The van der Waals surface area contributed by atoms with Crippen LogP contribution in [-0.4, -0.2) is 40.3 Å². The molecule has 1 aliphatic carbocycles. The van der Waals surface area contributed by atoms with Gasteiger partial charge in [-0.15, -0.1) is 0 Å².